The molecule has 1 aromatic rings. The summed E-state index contributed by atoms with van der Waals surface area (Å²) >= 11 is 0. The molecular formula is C8H9ClN2O4S. The van der Waals surface area contributed by atoms with Crippen molar-refractivity contribution in [1.82, 2.24) is 4.98 Å². The Bertz CT molecular complexity index is 515. The maximum Gasteiger partial charge on any atom is 0.261 e. The van der Waals surface area contributed by atoms with Crippen LogP contribution in [0.1, 0.15) is 6.92 Å². The quantitative estimate of drug-likeness (QED) is 0.823. The van der Waals surface area contributed by atoms with Crippen molar-refractivity contribution in [3.05, 3.63) is 12.1 Å². The molecule has 1 amide bonds. The number of nitrogens with one attached hydrogen (secondary N) is 1. The molecule has 0 fully saturated rings. The van der Waals surface area contributed by atoms with Crippen LogP contribution in [0.4, 0.5) is 5.82 Å². The number of hydrogen-bond donors (Lipinski definition) is 1. The highest BCUT2D eigenvalue weighted by Gasteiger charge is 2.14. The van der Waals surface area contributed by atoms with Gasteiger partial charge in [-0.2, -0.15) is 4.98 Å². The SMILES string of the molecule is COc1cc(S(=O)(=O)Cl)cc(NC(C)=O)n1. The van der Waals surface area contributed by atoms with Gasteiger partial charge in [-0.25, -0.2) is 8.42 Å². The van der Waals surface area contributed by atoms with Crippen molar-refractivity contribution < 1.29 is 17.9 Å². The van der Waals surface area contributed by atoms with Gasteiger partial charge in [0.1, 0.15) is 5.82 Å². The molecular weight excluding hydrogens is 256 g/mol. The van der Waals surface area contributed by atoms with Crippen molar-refractivity contribution in [3.8, 4) is 5.88 Å². The number of carbonyl (C=O) groups excluding carboxylic acids is 1. The Morgan fingerprint density at radius 2 is 2.12 bits per heavy atom. The van der Waals surface area contributed by atoms with E-state index in [4.69, 9.17) is 15.4 Å². The van der Waals surface area contributed by atoms with E-state index >= 15 is 0 Å². The second kappa shape index (κ2) is 4.67. The van der Waals surface area contributed by atoms with Crippen LogP contribution in [0.15, 0.2) is 17.0 Å². The Kier molecular flexibility index (Phi) is 3.71. The number of amides is 1. The van der Waals surface area contributed by atoms with Crippen molar-refractivity contribution in [2.45, 2.75) is 11.8 Å². The Morgan fingerprint density at radius 3 is 2.56 bits per heavy atom. The molecule has 0 aliphatic heterocycles. The van der Waals surface area contributed by atoms with Gasteiger partial charge in [-0.1, -0.05) is 0 Å². The molecule has 1 aromatic heterocycles. The summed E-state index contributed by atoms with van der Waals surface area (Å²) in [6, 6.07) is 2.31. The number of rotatable bonds is 3. The summed E-state index contributed by atoms with van der Waals surface area (Å²) in [5.74, 6) is -0.268. The fourth-order valence-corrected chi connectivity index (χ4v) is 1.73. The van der Waals surface area contributed by atoms with E-state index in [1.165, 1.54) is 14.0 Å². The van der Waals surface area contributed by atoms with Crippen LogP contribution in [0.25, 0.3) is 0 Å². The van der Waals surface area contributed by atoms with Gasteiger partial charge < -0.3 is 10.1 Å². The van der Waals surface area contributed by atoms with Crippen molar-refractivity contribution in [3.63, 3.8) is 0 Å². The van der Waals surface area contributed by atoms with Crippen LogP contribution < -0.4 is 10.1 Å². The lowest BCUT2D eigenvalue weighted by Gasteiger charge is -2.06. The third kappa shape index (κ3) is 3.35. The molecule has 0 unspecified atom stereocenters. The minimum Gasteiger partial charge on any atom is -0.481 e. The smallest absolute Gasteiger partial charge is 0.261 e. The van der Waals surface area contributed by atoms with E-state index in [0.717, 1.165) is 12.1 Å². The monoisotopic (exact) mass is 264 g/mol. The number of nitrogens with zero attached hydrogens (tertiary/aromatic N) is 1. The van der Waals surface area contributed by atoms with Crippen LogP contribution >= 0.6 is 10.7 Å². The van der Waals surface area contributed by atoms with Crippen molar-refractivity contribution in [2.75, 3.05) is 12.4 Å². The van der Waals surface area contributed by atoms with Gasteiger partial charge in [0.15, 0.2) is 0 Å². The molecule has 0 saturated heterocycles. The number of anilines is 1. The van der Waals surface area contributed by atoms with Gasteiger partial charge in [-0.05, 0) is 0 Å². The van der Waals surface area contributed by atoms with E-state index in [0.29, 0.717) is 0 Å². The molecule has 16 heavy (non-hydrogen) atoms. The number of aromatic nitrogens is 1. The highest BCUT2D eigenvalue weighted by molar-refractivity contribution is 8.13. The van der Waals surface area contributed by atoms with Crippen molar-refractivity contribution in [2.24, 2.45) is 0 Å². The van der Waals surface area contributed by atoms with E-state index < -0.39 is 9.05 Å². The molecule has 1 N–H and O–H groups in total. The fraction of sp³-hybridized carbons (Fsp3) is 0.250. The molecule has 88 valence electrons. The normalized spacial score (nSPS) is 10.9. The second-order valence-electron chi connectivity index (χ2n) is 2.85. The fourth-order valence-electron chi connectivity index (χ4n) is 0.971. The van der Waals surface area contributed by atoms with Gasteiger partial charge in [0, 0.05) is 29.7 Å². The molecule has 0 bridgehead atoms. The van der Waals surface area contributed by atoms with Crippen LogP contribution in [0.2, 0.25) is 0 Å². The predicted octanol–water partition coefficient (Wildman–Crippen LogP) is 0.976. The molecule has 0 radical (unpaired) electrons. The third-order valence-electron chi connectivity index (χ3n) is 1.57. The second-order valence-corrected chi connectivity index (χ2v) is 5.42. The highest BCUT2D eigenvalue weighted by atomic mass is 35.7. The van der Waals surface area contributed by atoms with Crippen LogP contribution in [0, 0.1) is 0 Å². The van der Waals surface area contributed by atoms with Gasteiger partial charge >= 0.3 is 0 Å². The van der Waals surface area contributed by atoms with Gasteiger partial charge in [-0.3, -0.25) is 4.79 Å². The first-order valence-electron chi connectivity index (χ1n) is 4.11. The first-order valence-corrected chi connectivity index (χ1v) is 6.42. The number of halogens is 1. The highest BCUT2D eigenvalue weighted by Crippen LogP contribution is 2.22. The lowest BCUT2D eigenvalue weighted by molar-refractivity contribution is -0.114. The molecule has 0 atom stereocenters. The van der Waals surface area contributed by atoms with E-state index in [1.807, 2.05) is 0 Å². The molecule has 0 spiro atoms. The van der Waals surface area contributed by atoms with E-state index in [2.05, 4.69) is 10.3 Å². The van der Waals surface area contributed by atoms with Crippen LogP contribution in [0.3, 0.4) is 0 Å². The number of carbonyl (C=O) groups is 1. The predicted molar refractivity (Wildman–Crippen MR) is 58.1 cm³/mol. The van der Waals surface area contributed by atoms with Crippen molar-refractivity contribution >= 4 is 31.5 Å². The molecule has 1 heterocycles. The average molecular weight is 265 g/mol. The zero-order valence-electron chi connectivity index (χ0n) is 8.52. The lowest BCUT2D eigenvalue weighted by atomic mass is 10.4. The summed E-state index contributed by atoms with van der Waals surface area (Å²) in [7, 11) is 2.60. The molecule has 6 nitrogen and oxygen atoms in total. The van der Waals surface area contributed by atoms with E-state index in [1.54, 1.807) is 0 Å². The molecule has 0 aliphatic rings. The zero-order chi connectivity index (χ0) is 12.3. The Balaban J connectivity index is 3.26. The molecule has 1 rings (SSSR count). The lowest BCUT2D eigenvalue weighted by Crippen LogP contribution is -2.08. The molecule has 8 heteroatoms. The third-order valence-corrected chi connectivity index (χ3v) is 2.90. The summed E-state index contributed by atoms with van der Waals surface area (Å²) in [4.78, 5) is 14.4. The first kappa shape index (κ1) is 12.7. The summed E-state index contributed by atoms with van der Waals surface area (Å²) in [6.45, 7) is 1.27. The van der Waals surface area contributed by atoms with Crippen LogP contribution in [0.5, 0.6) is 5.88 Å². The van der Waals surface area contributed by atoms with E-state index in [9.17, 15) is 13.2 Å². The summed E-state index contributed by atoms with van der Waals surface area (Å²) in [5.41, 5.74) is 0. The summed E-state index contributed by atoms with van der Waals surface area (Å²) in [5, 5.41) is 2.34. The molecule has 0 aliphatic carbocycles. The number of pyridine rings is 1. The van der Waals surface area contributed by atoms with Crippen LogP contribution in [-0.2, 0) is 13.8 Å². The molecule has 0 aromatic carbocycles. The Morgan fingerprint density at radius 1 is 1.50 bits per heavy atom. The van der Waals surface area contributed by atoms with Crippen LogP contribution in [-0.4, -0.2) is 26.4 Å². The average Bonchev–Trinajstić information content (AvgIpc) is 2.14. The Labute approximate surface area is 97.0 Å². The maximum atomic E-state index is 11.1. The van der Waals surface area contributed by atoms with Gasteiger partial charge in [-0.15, -0.1) is 0 Å². The Hall–Kier alpha value is -1.34. The summed E-state index contributed by atoms with van der Waals surface area (Å²) in [6.07, 6.45) is 0. The van der Waals surface area contributed by atoms with Crippen molar-refractivity contribution in [1.29, 1.82) is 0 Å². The minimum atomic E-state index is -3.89. The summed E-state index contributed by atoms with van der Waals surface area (Å²) < 4.78 is 27.0. The largest absolute Gasteiger partial charge is 0.481 e. The van der Waals surface area contributed by atoms with Gasteiger partial charge in [0.05, 0.1) is 12.0 Å². The van der Waals surface area contributed by atoms with E-state index in [-0.39, 0.29) is 22.5 Å². The standard InChI is InChI=1S/C8H9ClN2O4S/c1-5(12)10-7-3-6(16(9,13)14)4-8(11-7)15-2/h3-4H,1-2H3,(H,10,11,12). The number of hydrogen-bond acceptors (Lipinski definition) is 5. The van der Waals surface area contributed by atoms with Gasteiger partial charge in [0.25, 0.3) is 9.05 Å². The maximum absolute atomic E-state index is 11.1. The zero-order valence-corrected chi connectivity index (χ0v) is 10.1. The minimum absolute atomic E-state index is 0.0467. The topological polar surface area (TPSA) is 85.4 Å². The van der Waals surface area contributed by atoms with Gasteiger partial charge in [0.2, 0.25) is 11.8 Å². The number of methoxy groups -OCH3 is 1. The molecule has 0 saturated carbocycles. The number of ether oxygens (including phenoxy) is 1. The first-order chi connectivity index (χ1) is 7.32.